The highest BCUT2D eigenvalue weighted by atomic mass is 32.2. The van der Waals surface area contributed by atoms with Gasteiger partial charge in [-0.25, -0.2) is 8.42 Å². The lowest BCUT2D eigenvalue weighted by Crippen LogP contribution is -2.40. The molecule has 0 aliphatic carbocycles. The van der Waals surface area contributed by atoms with Crippen LogP contribution < -0.4 is 4.72 Å². The van der Waals surface area contributed by atoms with Gasteiger partial charge in [-0.1, -0.05) is 37.3 Å². The largest absolute Gasteiger partial charge is 0.480 e. The molecule has 5 nitrogen and oxygen atoms in total. The van der Waals surface area contributed by atoms with Crippen molar-refractivity contribution >= 4 is 24.1 Å². The van der Waals surface area contributed by atoms with Crippen LogP contribution in [0.4, 0.5) is 0 Å². The maximum absolute atomic E-state index is 12.2. The van der Waals surface area contributed by atoms with Crippen LogP contribution in [0.3, 0.4) is 0 Å². The van der Waals surface area contributed by atoms with Crippen LogP contribution in [0.1, 0.15) is 12.0 Å². The number of aryl methyl sites for hydroxylation is 1. The molecule has 0 heterocycles. The molecule has 0 bridgehead atoms. The molecule has 120 valence electrons. The van der Waals surface area contributed by atoms with Gasteiger partial charge in [-0.3, -0.25) is 4.79 Å². The second kappa shape index (κ2) is 7.09. The number of carbonyl (C=O) groups is 1. The van der Waals surface area contributed by atoms with E-state index < -0.39 is 30.1 Å². The summed E-state index contributed by atoms with van der Waals surface area (Å²) in [5.41, 5.74) is 3.96. The van der Waals surface area contributed by atoms with E-state index in [9.17, 15) is 18.3 Å². The van der Waals surface area contributed by atoms with Gasteiger partial charge in [0.05, 0.1) is 4.90 Å². The molecule has 1 aromatic rings. The van der Waals surface area contributed by atoms with Crippen LogP contribution in [0.25, 0.3) is 0 Å². The predicted molar refractivity (Wildman–Crippen MR) is 88.7 cm³/mol. The SMILES string of the molecule is Cc1ccc(S(=O)(=O)N[C@@H](CC#C[Si](C)(C)C)C(=O)O)cc1. The molecule has 0 radical (unpaired) electrons. The van der Waals surface area contributed by atoms with Gasteiger partial charge in [0.15, 0.2) is 0 Å². The fourth-order valence-corrected chi connectivity index (χ4v) is 3.39. The van der Waals surface area contributed by atoms with E-state index in [1.807, 2.05) is 26.6 Å². The molecule has 0 amide bonds. The molecular weight excluding hydrogens is 318 g/mol. The highest BCUT2D eigenvalue weighted by Gasteiger charge is 2.24. The average Bonchev–Trinajstić information content (AvgIpc) is 2.36. The Morgan fingerprint density at radius 1 is 1.27 bits per heavy atom. The summed E-state index contributed by atoms with van der Waals surface area (Å²) in [6.07, 6.45) is -0.0509. The maximum Gasteiger partial charge on any atom is 0.322 e. The number of carboxylic acid groups (broad SMARTS) is 1. The molecule has 0 aliphatic heterocycles. The van der Waals surface area contributed by atoms with E-state index in [2.05, 4.69) is 16.2 Å². The van der Waals surface area contributed by atoms with Gasteiger partial charge in [0.25, 0.3) is 0 Å². The summed E-state index contributed by atoms with van der Waals surface area (Å²) in [4.78, 5) is 11.3. The number of sulfonamides is 1. The molecule has 0 fully saturated rings. The fraction of sp³-hybridized carbons (Fsp3) is 0.400. The van der Waals surface area contributed by atoms with Crippen LogP contribution in [0.5, 0.6) is 0 Å². The summed E-state index contributed by atoms with van der Waals surface area (Å²) in [7, 11) is -5.49. The minimum Gasteiger partial charge on any atom is -0.480 e. The van der Waals surface area contributed by atoms with E-state index in [0.717, 1.165) is 5.56 Å². The number of nitrogens with one attached hydrogen (secondary N) is 1. The predicted octanol–water partition coefficient (Wildman–Crippen LogP) is 2.00. The van der Waals surface area contributed by atoms with Gasteiger partial charge < -0.3 is 5.11 Å². The highest BCUT2D eigenvalue weighted by molar-refractivity contribution is 7.89. The second-order valence-corrected chi connectivity index (χ2v) is 12.5. The Morgan fingerprint density at radius 2 is 1.82 bits per heavy atom. The molecular formula is C15H21NO4SSi. The first-order valence-corrected chi connectivity index (χ1v) is 11.8. The molecule has 1 aromatic carbocycles. The molecule has 0 unspecified atom stereocenters. The van der Waals surface area contributed by atoms with E-state index in [4.69, 9.17) is 0 Å². The summed E-state index contributed by atoms with van der Waals surface area (Å²) in [6.45, 7) is 7.95. The van der Waals surface area contributed by atoms with Gasteiger partial charge >= 0.3 is 5.97 Å². The van der Waals surface area contributed by atoms with Gasteiger partial charge in [0.1, 0.15) is 14.1 Å². The molecule has 0 saturated carbocycles. The zero-order valence-corrected chi connectivity index (χ0v) is 15.0. The number of hydrogen-bond acceptors (Lipinski definition) is 3. The van der Waals surface area contributed by atoms with E-state index >= 15 is 0 Å². The van der Waals surface area contributed by atoms with Gasteiger partial charge in [-0.15, -0.1) is 11.5 Å². The van der Waals surface area contributed by atoms with Crippen LogP contribution in [-0.4, -0.2) is 33.6 Å². The van der Waals surface area contributed by atoms with Crippen molar-refractivity contribution in [1.29, 1.82) is 0 Å². The van der Waals surface area contributed by atoms with Crippen LogP contribution in [0.15, 0.2) is 29.2 Å². The third-order valence-electron chi connectivity index (χ3n) is 2.70. The summed E-state index contributed by atoms with van der Waals surface area (Å²) < 4.78 is 26.6. The number of aliphatic carboxylic acids is 1. The Hall–Kier alpha value is -1.62. The van der Waals surface area contributed by atoms with Crippen molar-refractivity contribution in [2.45, 2.75) is 43.9 Å². The monoisotopic (exact) mass is 339 g/mol. The Kier molecular flexibility index (Phi) is 5.94. The van der Waals surface area contributed by atoms with Gasteiger partial charge in [-0.2, -0.15) is 4.72 Å². The number of rotatable bonds is 5. The summed E-state index contributed by atoms with van der Waals surface area (Å²) >= 11 is 0. The van der Waals surface area contributed by atoms with Gasteiger partial charge in [0, 0.05) is 6.42 Å². The lowest BCUT2D eigenvalue weighted by atomic mass is 10.2. The maximum atomic E-state index is 12.2. The summed E-state index contributed by atoms with van der Waals surface area (Å²) in [5.74, 6) is 1.56. The van der Waals surface area contributed by atoms with Crippen LogP contribution >= 0.6 is 0 Å². The minimum absolute atomic E-state index is 0.0440. The van der Waals surface area contributed by atoms with Gasteiger partial charge in [-0.05, 0) is 19.1 Å². The van der Waals surface area contributed by atoms with Crippen molar-refractivity contribution in [1.82, 2.24) is 4.72 Å². The van der Waals surface area contributed by atoms with Crippen molar-refractivity contribution in [2.75, 3.05) is 0 Å². The zero-order chi connectivity index (χ0) is 17.0. The summed E-state index contributed by atoms with van der Waals surface area (Å²) in [6, 6.07) is 4.97. The summed E-state index contributed by atoms with van der Waals surface area (Å²) in [5, 5.41) is 9.17. The smallest absolute Gasteiger partial charge is 0.322 e. The van der Waals surface area contributed by atoms with E-state index in [1.54, 1.807) is 12.1 Å². The molecule has 0 saturated heterocycles. The van der Waals surface area contributed by atoms with Crippen LogP contribution in [0, 0.1) is 18.4 Å². The van der Waals surface area contributed by atoms with E-state index in [1.165, 1.54) is 12.1 Å². The number of carboxylic acids is 1. The zero-order valence-electron chi connectivity index (χ0n) is 13.2. The lowest BCUT2D eigenvalue weighted by molar-refractivity contribution is -0.138. The molecule has 2 N–H and O–H groups in total. The minimum atomic E-state index is -3.87. The first-order valence-electron chi connectivity index (χ1n) is 6.83. The highest BCUT2D eigenvalue weighted by Crippen LogP contribution is 2.11. The topological polar surface area (TPSA) is 83.5 Å². The van der Waals surface area contributed by atoms with Crippen molar-refractivity contribution in [3.8, 4) is 11.5 Å². The van der Waals surface area contributed by atoms with Crippen molar-refractivity contribution in [2.24, 2.45) is 0 Å². The molecule has 1 rings (SSSR count). The standard InChI is InChI=1S/C15H21NO4SSi/c1-12-7-9-13(10-8-12)21(19,20)16-14(15(17)18)6-5-11-22(2,3)4/h7-10,14,16H,6H2,1-4H3,(H,17,18)/t14-/m0/s1. The molecule has 0 aliphatic rings. The molecule has 7 heteroatoms. The number of benzene rings is 1. The molecule has 0 aromatic heterocycles. The second-order valence-electron chi connectivity index (χ2n) is 6.08. The molecule has 22 heavy (non-hydrogen) atoms. The fourth-order valence-electron chi connectivity index (χ4n) is 1.57. The first kappa shape index (κ1) is 18.4. The third-order valence-corrected chi connectivity index (χ3v) is 5.11. The first-order chi connectivity index (χ1) is 10.0. The Morgan fingerprint density at radius 3 is 2.27 bits per heavy atom. The van der Waals surface area contributed by atoms with Crippen LogP contribution in [0.2, 0.25) is 19.6 Å². The Bertz CT molecular complexity index is 694. The lowest BCUT2D eigenvalue weighted by Gasteiger charge is -2.13. The van der Waals surface area contributed by atoms with E-state index in [0.29, 0.717) is 0 Å². The van der Waals surface area contributed by atoms with Crippen molar-refractivity contribution in [3.05, 3.63) is 29.8 Å². The quantitative estimate of drug-likeness (QED) is 0.635. The Balaban J connectivity index is 2.92. The van der Waals surface area contributed by atoms with Crippen molar-refractivity contribution in [3.63, 3.8) is 0 Å². The third kappa shape index (κ3) is 6.01. The van der Waals surface area contributed by atoms with Crippen LogP contribution in [-0.2, 0) is 14.8 Å². The average molecular weight is 339 g/mol. The van der Waals surface area contributed by atoms with Crippen molar-refractivity contribution < 1.29 is 18.3 Å². The van der Waals surface area contributed by atoms with Gasteiger partial charge in [0.2, 0.25) is 10.0 Å². The van der Waals surface area contributed by atoms with E-state index in [-0.39, 0.29) is 11.3 Å². The molecule has 1 atom stereocenters. The normalized spacial score (nSPS) is 13.1. The number of hydrogen-bond donors (Lipinski definition) is 2. The Labute approximate surface area is 132 Å². The molecule has 0 spiro atoms.